The van der Waals surface area contributed by atoms with Gasteiger partial charge in [-0.15, -0.1) is 0 Å². The van der Waals surface area contributed by atoms with Crippen molar-refractivity contribution in [2.45, 2.75) is 25.4 Å². The SMILES string of the molecule is Cc1ccc(C2(O)CCCNC2)cn1. The number of aryl methyl sites for hydroxylation is 1. The number of hydrogen-bond acceptors (Lipinski definition) is 3. The monoisotopic (exact) mass is 192 g/mol. The highest BCUT2D eigenvalue weighted by Gasteiger charge is 2.31. The minimum Gasteiger partial charge on any atom is -0.384 e. The summed E-state index contributed by atoms with van der Waals surface area (Å²) < 4.78 is 0. The molecule has 2 N–H and O–H groups in total. The van der Waals surface area contributed by atoms with E-state index in [-0.39, 0.29) is 0 Å². The van der Waals surface area contributed by atoms with Crippen LogP contribution in [0.1, 0.15) is 24.1 Å². The maximum Gasteiger partial charge on any atom is 0.104 e. The molecule has 1 saturated heterocycles. The highest BCUT2D eigenvalue weighted by Crippen LogP contribution is 2.27. The van der Waals surface area contributed by atoms with Crippen LogP contribution in [0.15, 0.2) is 18.3 Å². The highest BCUT2D eigenvalue weighted by molar-refractivity contribution is 5.21. The summed E-state index contributed by atoms with van der Waals surface area (Å²) in [5, 5.41) is 13.5. The summed E-state index contributed by atoms with van der Waals surface area (Å²) in [6, 6.07) is 3.91. The summed E-state index contributed by atoms with van der Waals surface area (Å²) in [4.78, 5) is 4.21. The predicted molar refractivity (Wildman–Crippen MR) is 55.0 cm³/mol. The van der Waals surface area contributed by atoms with Crippen LogP contribution in [-0.4, -0.2) is 23.2 Å². The van der Waals surface area contributed by atoms with Crippen LogP contribution in [0.25, 0.3) is 0 Å². The molecule has 1 aromatic heterocycles. The van der Waals surface area contributed by atoms with Crippen LogP contribution in [0.3, 0.4) is 0 Å². The first-order chi connectivity index (χ1) is 6.71. The average molecular weight is 192 g/mol. The predicted octanol–water partition coefficient (Wildman–Crippen LogP) is 0.961. The summed E-state index contributed by atoms with van der Waals surface area (Å²) in [5.74, 6) is 0. The molecule has 3 nitrogen and oxygen atoms in total. The standard InChI is InChI=1S/C11H16N2O/c1-9-3-4-10(7-13-9)11(14)5-2-6-12-8-11/h3-4,7,12,14H,2,5-6,8H2,1H3. The van der Waals surface area contributed by atoms with Crippen molar-refractivity contribution < 1.29 is 5.11 Å². The van der Waals surface area contributed by atoms with Crippen LogP contribution in [0.5, 0.6) is 0 Å². The Morgan fingerprint density at radius 1 is 1.50 bits per heavy atom. The molecule has 3 heteroatoms. The fourth-order valence-corrected chi connectivity index (χ4v) is 1.88. The van der Waals surface area contributed by atoms with E-state index in [1.54, 1.807) is 6.20 Å². The molecule has 1 aliphatic rings. The van der Waals surface area contributed by atoms with E-state index in [1.807, 2.05) is 19.1 Å². The first kappa shape index (κ1) is 9.62. The summed E-state index contributed by atoms with van der Waals surface area (Å²) >= 11 is 0. The molecule has 0 bridgehead atoms. The van der Waals surface area contributed by atoms with E-state index in [1.165, 1.54) is 0 Å². The molecule has 14 heavy (non-hydrogen) atoms. The minimum atomic E-state index is -0.709. The third kappa shape index (κ3) is 1.79. The number of pyridine rings is 1. The zero-order valence-electron chi connectivity index (χ0n) is 8.45. The molecule has 1 fully saturated rings. The van der Waals surface area contributed by atoms with Crippen LogP contribution in [-0.2, 0) is 5.60 Å². The third-order valence-corrected chi connectivity index (χ3v) is 2.81. The van der Waals surface area contributed by atoms with E-state index < -0.39 is 5.60 Å². The van der Waals surface area contributed by atoms with Gasteiger partial charge in [0.05, 0.1) is 0 Å². The summed E-state index contributed by atoms with van der Waals surface area (Å²) in [6.45, 7) is 3.59. The molecule has 1 unspecified atom stereocenters. The minimum absolute atomic E-state index is 0.637. The van der Waals surface area contributed by atoms with Gasteiger partial charge in [-0.05, 0) is 32.4 Å². The molecule has 0 spiro atoms. The molecule has 0 aliphatic carbocycles. The Balaban J connectivity index is 2.23. The molecule has 0 aromatic carbocycles. The van der Waals surface area contributed by atoms with Gasteiger partial charge in [0, 0.05) is 24.0 Å². The lowest BCUT2D eigenvalue weighted by Crippen LogP contribution is -2.43. The Kier molecular flexibility index (Phi) is 2.52. The molecule has 2 rings (SSSR count). The Labute approximate surface area is 84.2 Å². The van der Waals surface area contributed by atoms with Crippen molar-refractivity contribution in [3.05, 3.63) is 29.6 Å². The van der Waals surface area contributed by atoms with Crippen molar-refractivity contribution >= 4 is 0 Å². The number of rotatable bonds is 1. The Morgan fingerprint density at radius 2 is 2.36 bits per heavy atom. The molecule has 0 radical (unpaired) electrons. The fourth-order valence-electron chi connectivity index (χ4n) is 1.88. The van der Waals surface area contributed by atoms with Gasteiger partial charge in [-0.3, -0.25) is 4.98 Å². The summed E-state index contributed by atoms with van der Waals surface area (Å²) in [7, 11) is 0. The van der Waals surface area contributed by atoms with Gasteiger partial charge in [-0.2, -0.15) is 0 Å². The largest absolute Gasteiger partial charge is 0.384 e. The summed E-state index contributed by atoms with van der Waals surface area (Å²) in [6.07, 6.45) is 3.62. The van der Waals surface area contributed by atoms with Gasteiger partial charge in [0.2, 0.25) is 0 Å². The van der Waals surface area contributed by atoms with Gasteiger partial charge in [0.15, 0.2) is 0 Å². The topological polar surface area (TPSA) is 45.1 Å². The van der Waals surface area contributed by atoms with Gasteiger partial charge in [0.25, 0.3) is 0 Å². The smallest absolute Gasteiger partial charge is 0.104 e. The van der Waals surface area contributed by atoms with Crippen LogP contribution in [0.2, 0.25) is 0 Å². The molecule has 0 saturated carbocycles. The molecule has 76 valence electrons. The summed E-state index contributed by atoms with van der Waals surface area (Å²) in [5.41, 5.74) is 1.20. The first-order valence-corrected chi connectivity index (χ1v) is 5.07. The zero-order valence-corrected chi connectivity index (χ0v) is 8.45. The fraction of sp³-hybridized carbons (Fsp3) is 0.545. The second-order valence-corrected chi connectivity index (χ2v) is 4.00. The Bertz CT molecular complexity index is 302. The Hall–Kier alpha value is -0.930. The maximum absolute atomic E-state index is 10.3. The molecule has 1 atom stereocenters. The quantitative estimate of drug-likeness (QED) is 0.696. The van der Waals surface area contributed by atoms with E-state index in [2.05, 4.69) is 10.3 Å². The molecule has 2 heterocycles. The van der Waals surface area contributed by atoms with Gasteiger partial charge in [0.1, 0.15) is 5.60 Å². The van der Waals surface area contributed by atoms with Gasteiger partial charge < -0.3 is 10.4 Å². The van der Waals surface area contributed by atoms with E-state index in [0.29, 0.717) is 6.54 Å². The number of nitrogens with one attached hydrogen (secondary N) is 1. The molecule has 0 amide bonds. The molecule has 1 aromatic rings. The number of hydrogen-bond donors (Lipinski definition) is 2. The zero-order chi connectivity index (χ0) is 10.0. The lowest BCUT2D eigenvalue weighted by atomic mass is 9.88. The number of piperidine rings is 1. The molecule has 1 aliphatic heterocycles. The molecular weight excluding hydrogens is 176 g/mol. The van der Waals surface area contributed by atoms with E-state index >= 15 is 0 Å². The second-order valence-electron chi connectivity index (χ2n) is 4.00. The lowest BCUT2D eigenvalue weighted by Gasteiger charge is -2.32. The highest BCUT2D eigenvalue weighted by atomic mass is 16.3. The van der Waals surface area contributed by atoms with Crippen LogP contribution >= 0.6 is 0 Å². The Morgan fingerprint density at radius 3 is 2.93 bits per heavy atom. The van der Waals surface area contributed by atoms with Crippen molar-refractivity contribution in [1.82, 2.24) is 10.3 Å². The van der Waals surface area contributed by atoms with Gasteiger partial charge in [-0.25, -0.2) is 0 Å². The number of nitrogens with zero attached hydrogens (tertiary/aromatic N) is 1. The van der Waals surface area contributed by atoms with Crippen molar-refractivity contribution in [3.63, 3.8) is 0 Å². The number of β-amino-alcohol motifs (C(OH)–C–C–N with tert-alkyl or cyclic N) is 1. The maximum atomic E-state index is 10.3. The normalized spacial score (nSPS) is 27.6. The average Bonchev–Trinajstić information content (AvgIpc) is 2.19. The van der Waals surface area contributed by atoms with Crippen LogP contribution < -0.4 is 5.32 Å². The number of aliphatic hydroxyl groups is 1. The van der Waals surface area contributed by atoms with Gasteiger partial charge in [-0.1, -0.05) is 6.07 Å². The van der Waals surface area contributed by atoms with E-state index in [9.17, 15) is 5.11 Å². The lowest BCUT2D eigenvalue weighted by molar-refractivity contribution is 0.0120. The van der Waals surface area contributed by atoms with E-state index in [4.69, 9.17) is 0 Å². The third-order valence-electron chi connectivity index (χ3n) is 2.81. The van der Waals surface area contributed by atoms with Crippen molar-refractivity contribution in [3.8, 4) is 0 Å². The second kappa shape index (κ2) is 3.67. The van der Waals surface area contributed by atoms with E-state index in [0.717, 1.165) is 30.6 Å². The van der Waals surface area contributed by atoms with Crippen LogP contribution in [0.4, 0.5) is 0 Å². The van der Waals surface area contributed by atoms with Gasteiger partial charge >= 0.3 is 0 Å². The number of aromatic nitrogens is 1. The van der Waals surface area contributed by atoms with Crippen molar-refractivity contribution in [1.29, 1.82) is 0 Å². The molecular formula is C11H16N2O. The van der Waals surface area contributed by atoms with Crippen molar-refractivity contribution in [2.75, 3.05) is 13.1 Å². The van der Waals surface area contributed by atoms with Crippen LogP contribution in [0, 0.1) is 6.92 Å². The van der Waals surface area contributed by atoms with Crippen molar-refractivity contribution in [2.24, 2.45) is 0 Å². The first-order valence-electron chi connectivity index (χ1n) is 5.07.